The smallest absolute Gasteiger partial charge is 0.362 e. The molecule has 1 amide bonds. The number of halogens is 3. The topological polar surface area (TPSA) is 57.1 Å². The number of carbonyl (C=O) groups excluding carboxylic acids is 1. The zero-order chi connectivity index (χ0) is 21.8. The highest BCUT2D eigenvalue weighted by atomic mass is 32.1. The Morgan fingerprint density at radius 3 is 2.87 bits per heavy atom. The van der Waals surface area contributed by atoms with Gasteiger partial charge in [0, 0.05) is 29.6 Å². The van der Waals surface area contributed by atoms with E-state index in [1.807, 2.05) is 23.8 Å². The Kier molecular flexibility index (Phi) is 4.55. The summed E-state index contributed by atoms with van der Waals surface area (Å²) in [5, 5.41) is 15.4. The molecule has 0 spiro atoms. The molecule has 2 aromatic rings. The molecule has 0 aliphatic carbocycles. The fourth-order valence-corrected chi connectivity index (χ4v) is 5.51. The highest BCUT2D eigenvalue weighted by Gasteiger charge is 2.53. The first-order valence-electron chi connectivity index (χ1n) is 9.98. The van der Waals surface area contributed by atoms with Crippen molar-refractivity contribution in [2.45, 2.75) is 37.5 Å². The van der Waals surface area contributed by atoms with Crippen molar-refractivity contribution in [2.24, 2.45) is 10.2 Å². The number of benzene rings is 1. The molecule has 1 N–H and O–H groups in total. The molecule has 3 aliphatic rings. The van der Waals surface area contributed by atoms with E-state index in [2.05, 4.69) is 15.5 Å². The number of azo groups is 1. The predicted octanol–water partition coefficient (Wildman–Crippen LogP) is 5.38. The highest BCUT2D eigenvalue weighted by molar-refractivity contribution is 7.08. The SMILES string of the molecule is CCC1(c2cccc(C(F)(F)F)c2)C2=CN=NC2NC2=C1C(=O)N(c1ccsc1)CC2. The van der Waals surface area contributed by atoms with Crippen LogP contribution in [0.2, 0.25) is 0 Å². The maximum atomic E-state index is 13.8. The Labute approximate surface area is 181 Å². The fourth-order valence-electron chi connectivity index (χ4n) is 4.87. The highest BCUT2D eigenvalue weighted by Crippen LogP contribution is 2.52. The third kappa shape index (κ3) is 2.94. The summed E-state index contributed by atoms with van der Waals surface area (Å²) in [6.07, 6.45) is -2.40. The van der Waals surface area contributed by atoms with E-state index in [0.29, 0.717) is 36.1 Å². The molecule has 2 unspecified atom stereocenters. The number of rotatable bonds is 3. The standard InChI is InChI=1S/C22H19F3N4OS/c1-2-21(13-4-3-5-14(10-13)22(23,24)25)16-11-26-28-19(16)27-17-6-8-29(20(30)18(17)21)15-7-9-31-12-15/h3-5,7,9-12,19,27H,2,6,8H2,1H3. The molecule has 9 heteroatoms. The van der Waals surface area contributed by atoms with Gasteiger partial charge in [0.15, 0.2) is 6.17 Å². The number of carbonyl (C=O) groups is 1. The quantitative estimate of drug-likeness (QED) is 0.691. The molecule has 31 heavy (non-hydrogen) atoms. The summed E-state index contributed by atoms with van der Waals surface area (Å²) in [6, 6.07) is 7.16. The van der Waals surface area contributed by atoms with E-state index < -0.39 is 23.3 Å². The molecule has 5 rings (SSSR count). The van der Waals surface area contributed by atoms with Gasteiger partial charge in [0.1, 0.15) is 0 Å². The second-order valence-corrected chi connectivity index (χ2v) is 8.52. The van der Waals surface area contributed by atoms with Gasteiger partial charge in [-0.2, -0.15) is 34.7 Å². The first-order chi connectivity index (χ1) is 14.9. The van der Waals surface area contributed by atoms with Gasteiger partial charge >= 0.3 is 6.18 Å². The number of thiophene rings is 1. The molecule has 1 aromatic carbocycles. The average molecular weight is 444 g/mol. The van der Waals surface area contributed by atoms with Crippen LogP contribution in [-0.4, -0.2) is 18.6 Å². The van der Waals surface area contributed by atoms with E-state index >= 15 is 0 Å². The summed E-state index contributed by atoms with van der Waals surface area (Å²) in [4.78, 5) is 15.5. The van der Waals surface area contributed by atoms with Gasteiger partial charge in [-0.05, 0) is 29.5 Å². The largest absolute Gasteiger partial charge is 0.416 e. The van der Waals surface area contributed by atoms with Crippen LogP contribution in [0.3, 0.4) is 0 Å². The monoisotopic (exact) mass is 444 g/mol. The maximum absolute atomic E-state index is 13.8. The number of nitrogens with one attached hydrogen (secondary N) is 1. The molecule has 4 heterocycles. The average Bonchev–Trinajstić information content (AvgIpc) is 3.44. The lowest BCUT2D eigenvalue weighted by atomic mass is 9.62. The van der Waals surface area contributed by atoms with Crippen LogP contribution in [0.1, 0.15) is 30.9 Å². The Bertz CT molecular complexity index is 1140. The minimum atomic E-state index is -4.48. The summed E-state index contributed by atoms with van der Waals surface area (Å²) in [6.45, 7) is 2.38. The maximum Gasteiger partial charge on any atom is 0.416 e. The van der Waals surface area contributed by atoms with Gasteiger partial charge in [0.2, 0.25) is 0 Å². The van der Waals surface area contributed by atoms with Crippen molar-refractivity contribution in [3.05, 3.63) is 75.3 Å². The van der Waals surface area contributed by atoms with Gasteiger partial charge in [-0.25, -0.2) is 0 Å². The number of hydrogen-bond acceptors (Lipinski definition) is 5. The predicted molar refractivity (Wildman–Crippen MR) is 112 cm³/mol. The first-order valence-corrected chi connectivity index (χ1v) is 10.9. The zero-order valence-electron chi connectivity index (χ0n) is 16.6. The molecule has 1 aromatic heterocycles. The van der Waals surface area contributed by atoms with Crippen LogP contribution in [0, 0.1) is 0 Å². The van der Waals surface area contributed by atoms with Crippen LogP contribution >= 0.6 is 11.3 Å². The van der Waals surface area contributed by atoms with Gasteiger partial charge in [0.05, 0.1) is 28.4 Å². The Hall–Kier alpha value is -2.94. The van der Waals surface area contributed by atoms with E-state index in [1.54, 1.807) is 17.2 Å². The van der Waals surface area contributed by atoms with Gasteiger partial charge in [-0.15, -0.1) is 0 Å². The van der Waals surface area contributed by atoms with Crippen molar-refractivity contribution >= 4 is 22.9 Å². The number of alkyl halides is 3. The summed E-state index contributed by atoms with van der Waals surface area (Å²) in [7, 11) is 0. The van der Waals surface area contributed by atoms with Crippen LogP contribution in [-0.2, 0) is 16.4 Å². The van der Waals surface area contributed by atoms with Crippen molar-refractivity contribution in [2.75, 3.05) is 11.4 Å². The Balaban J connectivity index is 1.73. The molecule has 160 valence electrons. The summed E-state index contributed by atoms with van der Waals surface area (Å²) in [5.74, 6) is -0.197. The van der Waals surface area contributed by atoms with E-state index in [4.69, 9.17) is 0 Å². The molecule has 0 bridgehead atoms. The van der Waals surface area contributed by atoms with E-state index in [1.165, 1.54) is 17.4 Å². The number of nitrogens with zero attached hydrogens (tertiary/aromatic N) is 3. The Morgan fingerprint density at radius 1 is 1.32 bits per heavy atom. The van der Waals surface area contributed by atoms with Crippen molar-refractivity contribution in [1.82, 2.24) is 5.32 Å². The summed E-state index contributed by atoms with van der Waals surface area (Å²) < 4.78 is 40.6. The molecule has 3 aliphatic heterocycles. The van der Waals surface area contributed by atoms with Gasteiger partial charge in [0.25, 0.3) is 5.91 Å². The number of fused-ring (bicyclic) bond motifs is 1. The normalized spacial score (nSPS) is 25.3. The van der Waals surface area contributed by atoms with Crippen LogP contribution in [0.15, 0.2) is 74.4 Å². The molecule has 0 fully saturated rings. The number of anilines is 1. The summed E-state index contributed by atoms with van der Waals surface area (Å²) >= 11 is 1.49. The first kappa shape index (κ1) is 20.0. The Morgan fingerprint density at radius 2 is 2.16 bits per heavy atom. The van der Waals surface area contributed by atoms with Crippen molar-refractivity contribution < 1.29 is 18.0 Å². The molecule has 5 nitrogen and oxygen atoms in total. The number of hydrogen-bond donors (Lipinski definition) is 1. The molecular formula is C22H19F3N4OS. The van der Waals surface area contributed by atoms with Gasteiger partial charge in [-0.3, -0.25) is 4.79 Å². The van der Waals surface area contributed by atoms with Crippen molar-refractivity contribution in [3.8, 4) is 0 Å². The third-order valence-corrected chi connectivity index (χ3v) is 6.95. The van der Waals surface area contributed by atoms with Crippen LogP contribution in [0.5, 0.6) is 0 Å². The molecule has 0 saturated heterocycles. The molecule has 0 saturated carbocycles. The summed E-state index contributed by atoms with van der Waals surface area (Å²) in [5.41, 5.74) is 1.38. The van der Waals surface area contributed by atoms with Crippen molar-refractivity contribution in [1.29, 1.82) is 0 Å². The van der Waals surface area contributed by atoms with Crippen LogP contribution < -0.4 is 10.2 Å². The van der Waals surface area contributed by atoms with E-state index in [9.17, 15) is 18.0 Å². The minimum Gasteiger partial charge on any atom is -0.362 e. The molecular weight excluding hydrogens is 425 g/mol. The lowest BCUT2D eigenvalue weighted by Gasteiger charge is -2.47. The fraction of sp³-hybridized carbons (Fsp3) is 0.318. The van der Waals surface area contributed by atoms with Gasteiger partial charge in [-0.1, -0.05) is 25.1 Å². The molecule has 0 radical (unpaired) electrons. The van der Waals surface area contributed by atoms with Crippen molar-refractivity contribution in [3.63, 3.8) is 0 Å². The van der Waals surface area contributed by atoms with E-state index in [-0.39, 0.29) is 5.91 Å². The van der Waals surface area contributed by atoms with Gasteiger partial charge < -0.3 is 10.2 Å². The second-order valence-electron chi connectivity index (χ2n) is 7.74. The molecule has 2 atom stereocenters. The van der Waals surface area contributed by atoms with E-state index in [0.717, 1.165) is 23.5 Å². The lowest BCUT2D eigenvalue weighted by Crippen LogP contribution is -2.54. The zero-order valence-corrected chi connectivity index (χ0v) is 17.4. The van der Waals surface area contributed by atoms with Crippen LogP contribution in [0.4, 0.5) is 18.9 Å². The second kappa shape index (κ2) is 7.05. The van der Waals surface area contributed by atoms with Crippen LogP contribution in [0.25, 0.3) is 0 Å². The lowest BCUT2D eigenvalue weighted by molar-refractivity contribution is -0.137. The minimum absolute atomic E-state index is 0.197. The number of amides is 1. The third-order valence-electron chi connectivity index (χ3n) is 6.28.